The average Bonchev–Trinajstić information content (AvgIpc) is 2.66. The van der Waals surface area contributed by atoms with Gasteiger partial charge in [0.1, 0.15) is 5.82 Å². The lowest BCUT2D eigenvalue weighted by Crippen LogP contribution is -1.91. The monoisotopic (exact) mass is 274 g/mol. The number of hydrogen-bond acceptors (Lipinski definition) is 1. The van der Waals surface area contributed by atoms with E-state index in [9.17, 15) is 9.18 Å². The van der Waals surface area contributed by atoms with Crippen LogP contribution < -0.4 is 0 Å². The van der Waals surface area contributed by atoms with Crippen LogP contribution in [0.4, 0.5) is 4.39 Å². The van der Waals surface area contributed by atoms with Gasteiger partial charge in [-0.3, -0.25) is 0 Å². The zero-order valence-electron chi connectivity index (χ0n) is 9.65. The molecule has 0 saturated heterocycles. The van der Waals surface area contributed by atoms with Gasteiger partial charge in [-0.1, -0.05) is 35.9 Å². The highest BCUT2D eigenvalue weighted by Gasteiger charge is 2.28. The van der Waals surface area contributed by atoms with Gasteiger partial charge in [0.15, 0.2) is 0 Å². The fraction of sp³-hybridized carbons (Fsp3) is 0. The van der Waals surface area contributed by atoms with Gasteiger partial charge in [-0.05, 0) is 28.8 Å². The van der Waals surface area contributed by atoms with Crippen LogP contribution in [0.5, 0.6) is 0 Å². The maximum atomic E-state index is 14.0. The Balaban J connectivity index is 2.44. The van der Waals surface area contributed by atoms with Crippen molar-refractivity contribution in [2.75, 3.05) is 0 Å². The van der Waals surface area contributed by atoms with Crippen molar-refractivity contribution in [3.63, 3.8) is 0 Å². The topological polar surface area (TPSA) is 37.3 Å². The van der Waals surface area contributed by atoms with Crippen molar-refractivity contribution in [2.24, 2.45) is 0 Å². The van der Waals surface area contributed by atoms with E-state index >= 15 is 0 Å². The molecule has 1 aliphatic rings. The summed E-state index contributed by atoms with van der Waals surface area (Å²) in [5.74, 6) is -1.47. The molecule has 0 aromatic heterocycles. The predicted octanol–water partition coefficient (Wildman–Crippen LogP) is 3.98. The fourth-order valence-corrected chi connectivity index (χ4v) is 2.70. The Labute approximate surface area is 113 Å². The third-order valence-electron chi connectivity index (χ3n) is 3.13. The molecule has 0 radical (unpaired) electrons. The van der Waals surface area contributed by atoms with E-state index in [-0.39, 0.29) is 0 Å². The third kappa shape index (κ3) is 1.74. The van der Waals surface area contributed by atoms with Crippen LogP contribution in [0, 0.1) is 5.82 Å². The number of aliphatic carboxylic acids is 1. The Morgan fingerprint density at radius 1 is 1.11 bits per heavy atom. The van der Waals surface area contributed by atoms with Gasteiger partial charge in [0.05, 0.1) is 0 Å². The predicted molar refractivity (Wildman–Crippen MR) is 71.6 cm³/mol. The molecule has 0 fully saturated rings. The number of halogens is 2. The first kappa shape index (κ1) is 11.9. The zero-order chi connectivity index (χ0) is 13.6. The summed E-state index contributed by atoms with van der Waals surface area (Å²) in [5, 5.41) is 9.38. The van der Waals surface area contributed by atoms with E-state index in [1.807, 2.05) is 0 Å². The zero-order valence-corrected chi connectivity index (χ0v) is 10.4. The van der Waals surface area contributed by atoms with Gasteiger partial charge in [-0.25, -0.2) is 9.18 Å². The van der Waals surface area contributed by atoms with Crippen LogP contribution in [0.25, 0.3) is 16.7 Å². The second-order valence-electron chi connectivity index (χ2n) is 4.22. The lowest BCUT2D eigenvalue weighted by Gasteiger charge is -2.03. The minimum Gasteiger partial charge on any atom is -0.478 e. The number of rotatable bonds is 1. The summed E-state index contributed by atoms with van der Waals surface area (Å²) in [5.41, 5.74) is 2.63. The first-order valence-electron chi connectivity index (χ1n) is 5.62. The molecule has 0 saturated carbocycles. The van der Waals surface area contributed by atoms with Crippen molar-refractivity contribution >= 4 is 23.1 Å². The molecule has 4 heteroatoms. The van der Waals surface area contributed by atoms with Crippen molar-refractivity contribution in [3.05, 3.63) is 64.4 Å². The molecule has 1 aliphatic carbocycles. The SMILES string of the molecule is O=C(O)/C=C1/c2cccc(F)c2-c2c(Cl)cccc21. The molecular weight excluding hydrogens is 267 g/mol. The standard InChI is InChI=1S/C15H8ClFO2/c16-11-5-1-3-8-10(7-13(18)19)9-4-2-6-12(17)15(9)14(8)11/h1-7H,(H,18,19)/b10-7+. The number of benzene rings is 2. The Bertz CT molecular complexity index is 681. The summed E-state index contributed by atoms with van der Waals surface area (Å²) in [6.45, 7) is 0. The van der Waals surface area contributed by atoms with Crippen molar-refractivity contribution in [2.45, 2.75) is 0 Å². The van der Waals surface area contributed by atoms with Crippen LogP contribution in [0.1, 0.15) is 11.1 Å². The van der Waals surface area contributed by atoms with E-state index in [0.717, 1.165) is 6.08 Å². The number of fused-ring (bicyclic) bond motifs is 3. The summed E-state index contributed by atoms with van der Waals surface area (Å²) in [6.07, 6.45) is 1.08. The smallest absolute Gasteiger partial charge is 0.328 e. The van der Waals surface area contributed by atoms with Gasteiger partial charge < -0.3 is 5.11 Å². The second kappa shape index (κ2) is 4.21. The number of carboxylic acid groups (broad SMARTS) is 1. The molecule has 2 aromatic carbocycles. The van der Waals surface area contributed by atoms with Crippen LogP contribution in [0.2, 0.25) is 5.02 Å². The minimum absolute atomic E-state index is 0.371. The number of carboxylic acids is 1. The molecule has 0 aliphatic heterocycles. The molecule has 0 unspecified atom stereocenters. The molecule has 1 N–H and O–H groups in total. The normalized spacial score (nSPS) is 14.3. The molecule has 0 bridgehead atoms. The van der Waals surface area contributed by atoms with E-state index in [1.165, 1.54) is 6.07 Å². The largest absolute Gasteiger partial charge is 0.478 e. The Morgan fingerprint density at radius 2 is 1.74 bits per heavy atom. The fourth-order valence-electron chi connectivity index (χ4n) is 2.43. The third-order valence-corrected chi connectivity index (χ3v) is 3.44. The molecular formula is C15H8ClFO2. The molecule has 3 rings (SSSR count). The molecule has 2 nitrogen and oxygen atoms in total. The van der Waals surface area contributed by atoms with Crippen LogP contribution >= 0.6 is 11.6 Å². The summed E-state index contributed by atoms with van der Waals surface area (Å²) >= 11 is 6.13. The van der Waals surface area contributed by atoms with Gasteiger partial charge in [0.25, 0.3) is 0 Å². The lowest BCUT2D eigenvalue weighted by molar-refractivity contribution is -0.131. The quantitative estimate of drug-likeness (QED) is 0.682. The molecule has 0 spiro atoms. The van der Waals surface area contributed by atoms with E-state index in [0.29, 0.717) is 32.8 Å². The summed E-state index contributed by atoms with van der Waals surface area (Å²) in [4.78, 5) is 10.9. The van der Waals surface area contributed by atoms with Crippen molar-refractivity contribution in [1.82, 2.24) is 0 Å². The molecule has 0 amide bonds. The minimum atomic E-state index is -1.07. The summed E-state index contributed by atoms with van der Waals surface area (Å²) < 4.78 is 14.0. The van der Waals surface area contributed by atoms with Gasteiger partial charge in [-0.15, -0.1) is 0 Å². The Hall–Kier alpha value is -2.13. The van der Waals surface area contributed by atoms with Gasteiger partial charge in [0, 0.05) is 22.2 Å². The first-order chi connectivity index (χ1) is 9.09. The molecule has 94 valence electrons. The number of carbonyl (C=O) groups is 1. The van der Waals surface area contributed by atoms with Crippen molar-refractivity contribution in [1.29, 1.82) is 0 Å². The Kier molecular flexibility index (Phi) is 2.64. The van der Waals surface area contributed by atoms with Gasteiger partial charge in [0.2, 0.25) is 0 Å². The van der Waals surface area contributed by atoms with Crippen LogP contribution in [-0.4, -0.2) is 11.1 Å². The number of hydrogen-bond donors (Lipinski definition) is 1. The van der Waals surface area contributed by atoms with Crippen LogP contribution in [-0.2, 0) is 4.79 Å². The van der Waals surface area contributed by atoms with Gasteiger partial charge in [-0.2, -0.15) is 0 Å². The molecule has 0 atom stereocenters. The lowest BCUT2D eigenvalue weighted by atomic mass is 10.0. The van der Waals surface area contributed by atoms with Crippen LogP contribution in [0.3, 0.4) is 0 Å². The summed E-state index contributed by atoms with van der Waals surface area (Å²) in [6, 6.07) is 9.74. The van der Waals surface area contributed by atoms with E-state index in [2.05, 4.69) is 0 Å². The maximum Gasteiger partial charge on any atom is 0.328 e. The highest BCUT2D eigenvalue weighted by atomic mass is 35.5. The van der Waals surface area contributed by atoms with Crippen molar-refractivity contribution in [3.8, 4) is 11.1 Å². The van der Waals surface area contributed by atoms with Gasteiger partial charge >= 0.3 is 5.97 Å². The average molecular weight is 275 g/mol. The molecule has 2 aromatic rings. The first-order valence-corrected chi connectivity index (χ1v) is 6.00. The highest BCUT2D eigenvalue weighted by molar-refractivity contribution is 6.34. The summed E-state index contributed by atoms with van der Waals surface area (Å²) in [7, 11) is 0. The van der Waals surface area contributed by atoms with Crippen LogP contribution in [0.15, 0.2) is 42.5 Å². The highest BCUT2D eigenvalue weighted by Crippen LogP contribution is 2.48. The maximum absolute atomic E-state index is 14.0. The van der Waals surface area contributed by atoms with E-state index in [1.54, 1.807) is 30.3 Å². The van der Waals surface area contributed by atoms with E-state index in [4.69, 9.17) is 16.7 Å². The second-order valence-corrected chi connectivity index (χ2v) is 4.63. The van der Waals surface area contributed by atoms with E-state index < -0.39 is 11.8 Å². The Morgan fingerprint density at radius 3 is 2.42 bits per heavy atom. The molecule has 19 heavy (non-hydrogen) atoms. The van der Waals surface area contributed by atoms with Crippen molar-refractivity contribution < 1.29 is 14.3 Å². The molecule has 0 heterocycles.